The predicted octanol–water partition coefficient (Wildman–Crippen LogP) is 3.20. The highest BCUT2D eigenvalue weighted by Crippen LogP contribution is 2.24. The first kappa shape index (κ1) is 13.2. The van der Waals surface area contributed by atoms with Crippen LogP contribution in [0.5, 0.6) is 0 Å². The number of hydrogen-bond donors (Lipinski definition) is 2. The molecule has 96 valence electrons. The molecule has 3 N–H and O–H groups in total. The molecule has 1 heterocycles. The van der Waals surface area contributed by atoms with Crippen molar-refractivity contribution in [1.29, 1.82) is 0 Å². The summed E-state index contributed by atoms with van der Waals surface area (Å²) in [5.74, 6) is 5.37. The van der Waals surface area contributed by atoms with E-state index >= 15 is 0 Å². The number of hydrazine groups is 1. The van der Waals surface area contributed by atoms with Gasteiger partial charge in [0.15, 0.2) is 0 Å². The molecule has 0 amide bonds. The SMILES string of the molecule is CCc1ccc(CC(NN)c2ccc(F)cc2)s1. The van der Waals surface area contributed by atoms with E-state index in [0.29, 0.717) is 0 Å². The van der Waals surface area contributed by atoms with Crippen molar-refractivity contribution in [2.45, 2.75) is 25.8 Å². The zero-order chi connectivity index (χ0) is 13.0. The first-order chi connectivity index (χ1) is 8.72. The third-order valence-electron chi connectivity index (χ3n) is 2.94. The van der Waals surface area contributed by atoms with Gasteiger partial charge >= 0.3 is 0 Å². The zero-order valence-corrected chi connectivity index (χ0v) is 11.1. The summed E-state index contributed by atoms with van der Waals surface area (Å²) in [6.07, 6.45) is 1.88. The van der Waals surface area contributed by atoms with Crippen molar-refractivity contribution < 1.29 is 4.39 Å². The highest BCUT2D eigenvalue weighted by molar-refractivity contribution is 7.11. The number of nitrogens with one attached hydrogen (secondary N) is 1. The number of benzene rings is 1. The van der Waals surface area contributed by atoms with Crippen LogP contribution in [0.2, 0.25) is 0 Å². The fourth-order valence-corrected chi connectivity index (χ4v) is 2.89. The molecule has 0 fully saturated rings. The third-order valence-corrected chi connectivity index (χ3v) is 4.20. The van der Waals surface area contributed by atoms with Crippen molar-refractivity contribution in [3.8, 4) is 0 Å². The fourth-order valence-electron chi connectivity index (χ4n) is 1.89. The number of nitrogens with two attached hydrogens (primary N) is 1. The van der Waals surface area contributed by atoms with Crippen LogP contribution in [0.1, 0.15) is 28.3 Å². The molecule has 0 saturated heterocycles. The summed E-state index contributed by atoms with van der Waals surface area (Å²) in [7, 11) is 0. The molecule has 0 radical (unpaired) electrons. The Morgan fingerprint density at radius 2 is 1.83 bits per heavy atom. The summed E-state index contributed by atoms with van der Waals surface area (Å²) in [6.45, 7) is 2.15. The van der Waals surface area contributed by atoms with Crippen LogP contribution in [-0.4, -0.2) is 0 Å². The van der Waals surface area contributed by atoms with Gasteiger partial charge in [0.2, 0.25) is 0 Å². The standard InChI is InChI=1S/C14H17FN2S/c1-2-12-7-8-13(18-12)9-14(17-16)10-3-5-11(15)6-4-10/h3-8,14,17H,2,9,16H2,1H3. The molecule has 1 atom stereocenters. The summed E-state index contributed by atoms with van der Waals surface area (Å²) in [5.41, 5.74) is 3.80. The van der Waals surface area contributed by atoms with Crippen LogP contribution < -0.4 is 11.3 Å². The molecule has 1 aromatic carbocycles. The van der Waals surface area contributed by atoms with E-state index in [1.54, 1.807) is 23.5 Å². The molecule has 0 aliphatic heterocycles. The Kier molecular flexibility index (Phi) is 4.47. The second-order valence-electron chi connectivity index (χ2n) is 4.20. The molecule has 2 aromatic rings. The van der Waals surface area contributed by atoms with Crippen LogP contribution >= 0.6 is 11.3 Å². The van der Waals surface area contributed by atoms with Gasteiger partial charge in [0.25, 0.3) is 0 Å². The van der Waals surface area contributed by atoms with E-state index in [-0.39, 0.29) is 11.9 Å². The third kappa shape index (κ3) is 3.16. The van der Waals surface area contributed by atoms with E-state index in [2.05, 4.69) is 24.5 Å². The van der Waals surface area contributed by atoms with Crippen LogP contribution in [0, 0.1) is 5.82 Å². The second-order valence-corrected chi connectivity index (χ2v) is 5.45. The van der Waals surface area contributed by atoms with Crippen molar-refractivity contribution >= 4 is 11.3 Å². The minimum Gasteiger partial charge on any atom is -0.271 e. The Morgan fingerprint density at radius 3 is 2.39 bits per heavy atom. The number of thiophene rings is 1. The number of hydrogen-bond acceptors (Lipinski definition) is 3. The normalized spacial score (nSPS) is 12.6. The molecule has 2 rings (SSSR count). The van der Waals surface area contributed by atoms with Crippen molar-refractivity contribution in [3.05, 3.63) is 57.5 Å². The first-order valence-corrected chi connectivity index (χ1v) is 6.83. The molecule has 0 spiro atoms. The Morgan fingerprint density at radius 1 is 1.17 bits per heavy atom. The lowest BCUT2D eigenvalue weighted by molar-refractivity contribution is 0.553. The van der Waals surface area contributed by atoms with Crippen LogP contribution in [0.15, 0.2) is 36.4 Å². The van der Waals surface area contributed by atoms with Crippen LogP contribution in [0.25, 0.3) is 0 Å². The van der Waals surface area contributed by atoms with Crippen molar-refractivity contribution in [1.82, 2.24) is 5.43 Å². The largest absolute Gasteiger partial charge is 0.271 e. The maximum Gasteiger partial charge on any atom is 0.123 e. The maximum atomic E-state index is 12.9. The summed E-state index contributed by atoms with van der Waals surface area (Å²) in [4.78, 5) is 2.67. The van der Waals surface area contributed by atoms with Gasteiger partial charge in [-0.3, -0.25) is 11.3 Å². The minimum atomic E-state index is -0.223. The molecular weight excluding hydrogens is 247 g/mol. The van der Waals surface area contributed by atoms with Gasteiger partial charge in [0, 0.05) is 16.2 Å². The van der Waals surface area contributed by atoms with Crippen molar-refractivity contribution in [2.75, 3.05) is 0 Å². The van der Waals surface area contributed by atoms with Gasteiger partial charge in [-0.05, 0) is 36.2 Å². The summed E-state index contributed by atoms with van der Waals surface area (Å²) in [6, 6.07) is 10.8. The predicted molar refractivity (Wildman–Crippen MR) is 73.9 cm³/mol. The Bertz CT molecular complexity index is 493. The highest BCUT2D eigenvalue weighted by Gasteiger charge is 2.12. The molecule has 1 unspecified atom stereocenters. The quantitative estimate of drug-likeness (QED) is 0.643. The smallest absolute Gasteiger partial charge is 0.123 e. The number of rotatable bonds is 5. The number of aryl methyl sites for hydroxylation is 1. The molecule has 0 aliphatic rings. The summed E-state index contributed by atoms with van der Waals surface area (Å²) in [5, 5.41) is 0. The fraction of sp³-hybridized carbons (Fsp3) is 0.286. The van der Waals surface area contributed by atoms with Gasteiger partial charge in [-0.25, -0.2) is 4.39 Å². The molecule has 1 aromatic heterocycles. The van der Waals surface area contributed by atoms with Crippen LogP contribution in [0.4, 0.5) is 4.39 Å². The van der Waals surface area contributed by atoms with Crippen LogP contribution in [0.3, 0.4) is 0 Å². The average Bonchev–Trinajstić information content (AvgIpc) is 2.85. The van der Waals surface area contributed by atoms with Gasteiger partial charge in [-0.2, -0.15) is 0 Å². The van der Waals surface area contributed by atoms with Gasteiger partial charge in [-0.15, -0.1) is 11.3 Å². The molecule has 2 nitrogen and oxygen atoms in total. The minimum absolute atomic E-state index is 0.0222. The van der Waals surface area contributed by atoms with Crippen LogP contribution in [-0.2, 0) is 12.8 Å². The second kappa shape index (κ2) is 6.09. The molecule has 0 aliphatic carbocycles. The van der Waals surface area contributed by atoms with E-state index in [4.69, 9.17) is 5.84 Å². The molecule has 0 bridgehead atoms. The summed E-state index contributed by atoms with van der Waals surface area (Å²) >= 11 is 1.80. The van der Waals surface area contributed by atoms with Gasteiger partial charge < -0.3 is 0 Å². The van der Waals surface area contributed by atoms with E-state index < -0.39 is 0 Å². The lowest BCUT2D eigenvalue weighted by Gasteiger charge is -2.15. The Labute approximate surface area is 111 Å². The molecule has 0 saturated carbocycles. The lowest BCUT2D eigenvalue weighted by Crippen LogP contribution is -2.29. The summed E-state index contributed by atoms with van der Waals surface area (Å²) < 4.78 is 12.9. The van der Waals surface area contributed by atoms with Gasteiger partial charge in [0.1, 0.15) is 5.82 Å². The van der Waals surface area contributed by atoms with E-state index in [1.165, 1.54) is 21.9 Å². The number of halogens is 1. The van der Waals surface area contributed by atoms with Crippen molar-refractivity contribution in [2.24, 2.45) is 5.84 Å². The molecular formula is C14H17FN2S. The van der Waals surface area contributed by atoms with E-state index in [9.17, 15) is 4.39 Å². The molecule has 4 heteroatoms. The maximum absolute atomic E-state index is 12.9. The highest BCUT2D eigenvalue weighted by atomic mass is 32.1. The average molecular weight is 264 g/mol. The monoisotopic (exact) mass is 264 g/mol. The molecule has 18 heavy (non-hydrogen) atoms. The van der Waals surface area contributed by atoms with Crippen molar-refractivity contribution in [3.63, 3.8) is 0 Å². The zero-order valence-electron chi connectivity index (χ0n) is 10.3. The first-order valence-electron chi connectivity index (χ1n) is 6.02. The Hall–Kier alpha value is -1.23. The van der Waals surface area contributed by atoms with Gasteiger partial charge in [-0.1, -0.05) is 19.1 Å². The lowest BCUT2D eigenvalue weighted by atomic mass is 10.0. The van der Waals surface area contributed by atoms with E-state index in [0.717, 1.165) is 18.4 Å². The van der Waals surface area contributed by atoms with Gasteiger partial charge in [0.05, 0.1) is 6.04 Å². The van der Waals surface area contributed by atoms with E-state index in [1.807, 2.05) is 0 Å². The Balaban J connectivity index is 2.11. The topological polar surface area (TPSA) is 38.0 Å².